The Morgan fingerprint density at radius 2 is 2.12 bits per heavy atom. The van der Waals surface area contributed by atoms with E-state index in [1.54, 1.807) is 11.9 Å². The molecule has 6 heteroatoms. The molecule has 1 amide bonds. The molecule has 0 aromatic carbocycles. The lowest BCUT2D eigenvalue weighted by molar-refractivity contribution is 0.0783. The third-order valence-corrected chi connectivity index (χ3v) is 3.81. The lowest BCUT2D eigenvalue weighted by Crippen LogP contribution is -2.42. The van der Waals surface area contributed by atoms with E-state index in [4.69, 9.17) is 18.0 Å². The summed E-state index contributed by atoms with van der Waals surface area (Å²) in [7, 11) is 1.70. The molecule has 0 aliphatic heterocycles. The van der Waals surface area contributed by atoms with Gasteiger partial charge in [-0.05, 0) is 20.8 Å². The van der Waals surface area contributed by atoms with E-state index in [9.17, 15) is 4.79 Å². The van der Waals surface area contributed by atoms with Crippen LogP contribution in [0, 0.1) is 13.8 Å². The number of carbonyl (C=O) groups excluding carboxylic acids is 1. The molecular weight excluding hydrogens is 242 g/mol. The smallest absolute Gasteiger partial charge is 0.266 e. The molecule has 0 aliphatic rings. The second-order valence-corrected chi connectivity index (χ2v) is 5.32. The first-order chi connectivity index (χ1) is 7.34. The Balaban J connectivity index is 2.94. The van der Waals surface area contributed by atoms with Gasteiger partial charge in [0.1, 0.15) is 4.88 Å². The van der Waals surface area contributed by atoms with Crippen LogP contribution in [0.15, 0.2) is 0 Å². The molecule has 0 aliphatic carbocycles. The van der Waals surface area contributed by atoms with Crippen LogP contribution in [0.5, 0.6) is 0 Å². The summed E-state index contributed by atoms with van der Waals surface area (Å²) in [4.78, 5) is 18.8. The number of aryl methyl sites for hydroxylation is 2. The molecule has 0 saturated heterocycles. The highest BCUT2D eigenvalue weighted by Crippen LogP contribution is 2.19. The summed E-state index contributed by atoms with van der Waals surface area (Å²) >= 11 is 6.27. The number of aromatic nitrogens is 1. The van der Waals surface area contributed by atoms with E-state index >= 15 is 0 Å². The van der Waals surface area contributed by atoms with Crippen LogP contribution in [-0.4, -0.2) is 33.9 Å². The summed E-state index contributed by atoms with van der Waals surface area (Å²) in [5.41, 5.74) is 6.28. The fourth-order valence-corrected chi connectivity index (χ4v) is 2.32. The minimum atomic E-state index is -0.246. The van der Waals surface area contributed by atoms with Gasteiger partial charge < -0.3 is 10.6 Å². The van der Waals surface area contributed by atoms with Gasteiger partial charge in [0.15, 0.2) is 0 Å². The topological polar surface area (TPSA) is 59.2 Å². The number of hydrogen-bond donors (Lipinski definition) is 1. The molecule has 88 valence electrons. The number of hydrogen-bond acceptors (Lipinski definition) is 4. The van der Waals surface area contributed by atoms with Gasteiger partial charge in [-0.2, -0.15) is 0 Å². The maximum Gasteiger partial charge on any atom is 0.266 e. The zero-order valence-corrected chi connectivity index (χ0v) is 11.4. The molecule has 1 aromatic rings. The van der Waals surface area contributed by atoms with E-state index in [2.05, 4.69) is 4.98 Å². The summed E-state index contributed by atoms with van der Waals surface area (Å²) in [5, 5.41) is 0.886. The minimum absolute atomic E-state index is 0.0802. The monoisotopic (exact) mass is 257 g/mol. The highest BCUT2D eigenvalue weighted by Gasteiger charge is 2.22. The normalized spacial score (nSPS) is 12.2. The zero-order valence-electron chi connectivity index (χ0n) is 9.77. The van der Waals surface area contributed by atoms with Crippen LogP contribution >= 0.6 is 23.6 Å². The summed E-state index contributed by atoms with van der Waals surface area (Å²) in [6.07, 6.45) is 0. The zero-order chi connectivity index (χ0) is 12.5. The van der Waals surface area contributed by atoms with Crippen molar-refractivity contribution in [1.29, 1.82) is 0 Å². The van der Waals surface area contributed by atoms with Crippen molar-refractivity contribution in [3.05, 3.63) is 15.6 Å². The molecule has 0 spiro atoms. The Hall–Kier alpha value is -1.01. The average Bonchev–Trinajstić information content (AvgIpc) is 2.54. The van der Waals surface area contributed by atoms with Crippen molar-refractivity contribution >= 4 is 34.5 Å². The molecule has 1 aromatic heterocycles. The van der Waals surface area contributed by atoms with Crippen LogP contribution in [0.2, 0.25) is 0 Å². The molecule has 0 saturated carbocycles. The first-order valence-electron chi connectivity index (χ1n) is 4.85. The van der Waals surface area contributed by atoms with Crippen LogP contribution < -0.4 is 5.73 Å². The SMILES string of the molecule is Cc1nc(C)c(C(=O)N(C)C(C)C(N)=S)s1. The van der Waals surface area contributed by atoms with Gasteiger partial charge >= 0.3 is 0 Å². The van der Waals surface area contributed by atoms with Crippen LogP contribution in [0.3, 0.4) is 0 Å². The number of thiocarbonyl (C=S) groups is 1. The van der Waals surface area contributed by atoms with Gasteiger partial charge in [-0.3, -0.25) is 4.79 Å². The van der Waals surface area contributed by atoms with Gasteiger partial charge in [0.25, 0.3) is 5.91 Å². The largest absolute Gasteiger partial charge is 0.392 e. The van der Waals surface area contributed by atoms with E-state index in [1.807, 2.05) is 20.8 Å². The van der Waals surface area contributed by atoms with E-state index in [0.29, 0.717) is 9.87 Å². The number of rotatable bonds is 3. The highest BCUT2D eigenvalue weighted by molar-refractivity contribution is 7.80. The van der Waals surface area contributed by atoms with Gasteiger partial charge in [-0.15, -0.1) is 11.3 Å². The van der Waals surface area contributed by atoms with E-state index in [0.717, 1.165) is 10.7 Å². The van der Waals surface area contributed by atoms with Crippen molar-refractivity contribution in [2.24, 2.45) is 5.73 Å². The number of nitrogens with zero attached hydrogens (tertiary/aromatic N) is 2. The Kier molecular flexibility index (Phi) is 3.98. The average molecular weight is 257 g/mol. The van der Waals surface area contributed by atoms with Gasteiger partial charge in [-0.25, -0.2) is 4.98 Å². The molecule has 0 radical (unpaired) electrons. The van der Waals surface area contributed by atoms with Gasteiger partial charge in [-0.1, -0.05) is 12.2 Å². The van der Waals surface area contributed by atoms with Gasteiger partial charge in [0, 0.05) is 7.05 Å². The molecule has 0 bridgehead atoms. The van der Waals surface area contributed by atoms with E-state index in [1.165, 1.54) is 11.3 Å². The van der Waals surface area contributed by atoms with Crippen LogP contribution in [0.1, 0.15) is 27.3 Å². The van der Waals surface area contributed by atoms with Crippen molar-refractivity contribution in [2.45, 2.75) is 26.8 Å². The third kappa shape index (κ3) is 2.56. The number of amides is 1. The minimum Gasteiger partial charge on any atom is -0.392 e. The second-order valence-electron chi connectivity index (χ2n) is 3.64. The van der Waals surface area contributed by atoms with E-state index in [-0.39, 0.29) is 11.9 Å². The number of carbonyl (C=O) groups is 1. The summed E-state index contributed by atoms with van der Waals surface area (Å²) < 4.78 is 0. The van der Waals surface area contributed by atoms with Crippen molar-refractivity contribution in [3.63, 3.8) is 0 Å². The summed E-state index contributed by atoms with van der Waals surface area (Å²) in [6, 6.07) is -0.246. The lowest BCUT2D eigenvalue weighted by atomic mass is 10.2. The van der Waals surface area contributed by atoms with Crippen molar-refractivity contribution in [1.82, 2.24) is 9.88 Å². The van der Waals surface area contributed by atoms with Crippen LogP contribution in [-0.2, 0) is 0 Å². The van der Waals surface area contributed by atoms with Crippen molar-refractivity contribution in [2.75, 3.05) is 7.05 Å². The molecule has 1 rings (SSSR count). The Morgan fingerprint density at radius 3 is 2.50 bits per heavy atom. The lowest BCUT2D eigenvalue weighted by Gasteiger charge is -2.23. The standard InChI is InChI=1S/C10H15N3OS2/c1-5-8(16-7(3)12-5)10(14)13(4)6(2)9(11)15/h6H,1-4H3,(H2,11,15). The quantitative estimate of drug-likeness (QED) is 0.834. The first-order valence-corrected chi connectivity index (χ1v) is 6.07. The molecular formula is C10H15N3OS2. The Labute approximate surface area is 104 Å². The molecule has 0 fully saturated rings. The van der Waals surface area contributed by atoms with Gasteiger partial charge in [0.2, 0.25) is 0 Å². The number of thiazole rings is 1. The summed E-state index contributed by atoms with van der Waals surface area (Å²) in [6.45, 7) is 5.52. The third-order valence-electron chi connectivity index (χ3n) is 2.41. The molecule has 2 N–H and O–H groups in total. The Bertz CT molecular complexity index is 428. The predicted molar refractivity (Wildman–Crippen MR) is 69.9 cm³/mol. The predicted octanol–water partition coefficient (Wildman–Crippen LogP) is 1.51. The molecule has 1 heterocycles. The fraction of sp³-hybridized carbons (Fsp3) is 0.500. The van der Waals surface area contributed by atoms with E-state index < -0.39 is 0 Å². The molecule has 1 unspecified atom stereocenters. The number of likely N-dealkylation sites (N-methyl/N-ethyl adjacent to an activating group) is 1. The molecule has 16 heavy (non-hydrogen) atoms. The van der Waals surface area contributed by atoms with Crippen LogP contribution in [0.25, 0.3) is 0 Å². The molecule has 1 atom stereocenters. The number of nitrogens with two attached hydrogens (primary N) is 1. The molecule has 4 nitrogen and oxygen atoms in total. The first kappa shape index (κ1) is 13.1. The fourth-order valence-electron chi connectivity index (χ4n) is 1.26. The van der Waals surface area contributed by atoms with Gasteiger partial charge in [0.05, 0.1) is 21.7 Å². The van der Waals surface area contributed by atoms with Crippen LogP contribution in [0.4, 0.5) is 0 Å². The Morgan fingerprint density at radius 1 is 1.56 bits per heavy atom. The second kappa shape index (κ2) is 4.88. The highest BCUT2D eigenvalue weighted by atomic mass is 32.1. The van der Waals surface area contributed by atoms with Crippen molar-refractivity contribution < 1.29 is 4.79 Å². The maximum absolute atomic E-state index is 12.1. The van der Waals surface area contributed by atoms with Crippen molar-refractivity contribution in [3.8, 4) is 0 Å². The maximum atomic E-state index is 12.1. The summed E-state index contributed by atoms with van der Waals surface area (Å²) in [5.74, 6) is -0.0802.